The van der Waals surface area contributed by atoms with Crippen LogP contribution in [0.3, 0.4) is 0 Å². The van der Waals surface area contributed by atoms with E-state index in [1.54, 1.807) is 4.90 Å². The molecule has 162 valence electrons. The van der Waals surface area contributed by atoms with Crippen molar-refractivity contribution in [2.45, 2.75) is 37.8 Å². The summed E-state index contributed by atoms with van der Waals surface area (Å²) in [6, 6.07) is 4.50. The highest BCUT2D eigenvalue weighted by atomic mass is 19.4. The van der Waals surface area contributed by atoms with Crippen molar-refractivity contribution >= 4 is 5.91 Å². The number of methoxy groups -OCH3 is 1. The number of hydrogen-bond acceptors (Lipinski definition) is 5. The van der Waals surface area contributed by atoms with Crippen molar-refractivity contribution in [1.29, 1.82) is 0 Å². The van der Waals surface area contributed by atoms with Crippen LogP contribution in [0.15, 0.2) is 30.5 Å². The van der Waals surface area contributed by atoms with Gasteiger partial charge in [0.2, 0.25) is 0 Å². The van der Waals surface area contributed by atoms with Gasteiger partial charge in [0, 0.05) is 6.54 Å². The summed E-state index contributed by atoms with van der Waals surface area (Å²) in [4.78, 5) is 15.0. The highest BCUT2D eigenvalue weighted by Crippen LogP contribution is 2.32. The zero-order chi connectivity index (χ0) is 21.3. The monoisotopic (exact) mass is 425 g/mol. The van der Waals surface area contributed by atoms with Gasteiger partial charge >= 0.3 is 6.18 Å². The largest absolute Gasteiger partial charge is 0.493 e. The minimum absolute atomic E-state index is 0.0415. The van der Waals surface area contributed by atoms with Gasteiger partial charge in [-0.15, -0.1) is 0 Å². The molecule has 2 aliphatic rings. The Morgan fingerprint density at radius 2 is 2.00 bits per heavy atom. The normalized spacial score (nSPS) is 20.5. The van der Waals surface area contributed by atoms with Gasteiger partial charge in [-0.05, 0) is 37.5 Å². The molecule has 2 aliphatic heterocycles. The summed E-state index contributed by atoms with van der Waals surface area (Å²) in [5.41, 5.74) is -0.575. The lowest BCUT2D eigenvalue weighted by Crippen LogP contribution is -2.50. The fraction of sp³-hybridized carbons (Fsp3) is 0.500. The predicted molar refractivity (Wildman–Crippen MR) is 99.5 cm³/mol. The number of halogens is 3. The Bertz CT molecular complexity index is 909. The van der Waals surface area contributed by atoms with Crippen molar-refractivity contribution in [3.05, 3.63) is 41.7 Å². The molecular weight excluding hydrogens is 403 g/mol. The maximum atomic E-state index is 13.3. The van der Waals surface area contributed by atoms with Gasteiger partial charge in [0.25, 0.3) is 5.91 Å². The van der Waals surface area contributed by atoms with E-state index in [0.717, 1.165) is 31.4 Å². The van der Waals surface area contributed by atoms with Crippen LogP contribution in [-0.4, -0.2) is 59.8 Å². The minimum Gasteiger partial charge on any atom is -0.493 e. The summed E-state index contributed by atoms with van der Waals surface area (Å²) < 4.78 is 56.9. The summed E-state index contributed by atoms with van der Waals surface area (Å²) in [6.07, 6.45) is -1.02. The number of nitrogens with zero attached hydrogens (tertiary/aromatic N) is 3. The maximum Gasteiger partial charge on any atom is 0.416 e. The molecule has 1 aromatic carbocycles. The quantitative estimate of drug-likeness (QED) is 0.752. The summed E-state index contributed by atoms with van der Waals surface area (Å²) in [7, 11) is 1.39. The van der Waals surface area contributed by atoms with E-state index in [9.17, 15) is 18.0 Å². The number of carbonyl (C=O) groups is 1. The third-order valence-electron chi connectivity index (χ3n) is 5.31. The van der Waals surface area contributed by atoms with Gasteiger partial charge in [-0.2, -0.15) is 18.3 Å². The lowest BCUT2D eigenvalue weighted by Gasteiger charge is -2.37. The van der Waals surface area contributed by atoms with Crippen LogP contribution >= 0.6 is 0 Å². The second-order valence-corrected chi connectivity index (χ2v) is 7.21. The van der Waals surface area contributed by atoms with E-state index >= 15 is 0 Å². The molecule has 1 amide bonds. The Morgan fingerprint density at radius 1 is 1.23 bits per heavy atom. The van der Waals surface area contributed by atoms with Crippen LogP contribution in [-0.2, 0) is 15.7 Å². The van der Waals surface area contributed by atoms with Crippen molar-refractivity contribution in [1.82, 2.24) is 14.7 Å². The van der Waals surface area contributed by atoms with E-state index in [4.69, 9.17) is 14.2 Å². The van der Waals surface area contributed by atoms with Crippen molar-refractivity contribution < 1.29 is 32.2 Å². The Kier molecular flexibility index (Phi) is 5.70. The molecule has 0 spiro atoms. The van der Waals surface area contributed by atoms with Crippen LogP contribution in [0.25, 0.3) is 5.69 Å². The zero-order valence-electron chi connectivity index (χ0n) is 16.4. The second-order valence-electron chi connectivity index (χ2n) is 7.21. The number of benzene rings is 1. The number of hydrogen-bond donors (Lipinski definition) is 0. The van der Waals surface area contributed by atoms with Crippen molar-refractivity contribution in [3.63, 3.8) is 0 Å². The molecule has 1 atom stereocenters. The fourth-order valence-electron chi connectivity index (χ4n) is 3.84. The lowest BCUT2D eigenvalue weighted by molar-refractivity contribution is -0.137. The molecule has 0 radical (unpaired) electrons. The molecule has 10 heteroatoms. The Labute approximate surface area is 171 Å². The van der Waals surface area contributed by atoms with Crippen molar-refractivity contribution in [3.8, 4) is 11.4 Å². The van der Waals surface area contributed by atoms with E-state index in [1.807, 2.05) is 0 Å². The number of carbonyl (C=O) groups excluding carboxylic acids is 1. The third kappa shape index (κ3) is 4.01. The van der Waals surface area contributed by atoms with Crippen LogP contribution in [0.2, 0.25) is 0 Å². The number of amides is 1. The van der Waals surface area contributed by atoms with E-state index < -0.39 is 18.0 Å². The number of aromatic nitrogens is 2. The van der Waals surface area contributed by atoms with E-state index in [0.29, 0.717) is 19.8 Å². The van der Waals surface area contributed by atoms with Crippen LogP contribution in [0, 0.1) is 0 Å². The second kappa shape index (κ2) is 8.27. The summed E-state index contributed by atoms with van der Waals surface area (Å²) in [5.74, 6) is -0.170. The van der Waals surface area contributed by atoms with Gasteiger partial charge in [-0.3, -0.25) is 4.79 Å². The first-order valence-corrected chi connectivity index (χ1v) is 9.74. The molecule has 0 N–H and O–H groups in total. The van der Waals surface area contributed by atoms with Crippen molar-refractivity contribution in [2.24, 2.45) is 0 Å². The first kappa shape index (κ1) is 20.7. The molecule has 2 saturated heterocycles. The molecule has 0 aliphatic carbocycles. The first-order chi connectivity index (χ1) is 14.4. The molecule has 0 saturated carbocycles. The smallest absolute Gasteiger partial charge is 0.416 e. The zero-order valence-corrected chi connectivity index (χ0v) is 16.4. The topological polar surface area (TPSA) is 65.8 Å². The molecule has 1 unspecified atom stereocenters. The average Bonchev–Trinajstić information content (AvgIpc) is 3.43. The Morgan fingerprint density at radius 3 is 2.70 bits per heavy atom. The van der Waals surface area contributed by atoms with Crippen molar-refractivity contribution in [2.75, 3.05) is 26.9 Å². The fourth-order valence-corrected chi connectivity index (χ4v) is 3.84. The standard InChI is InChI=1S/C20H22F3N3O4/c1-28-16-12-26(14-6-4-5-13(11-14)20(21,22)23)24-17(16)18(27)25-8-3-2-7-15(25)19-29-9-10-30-19/h4-6,11-12,15,19H,2-3,7-10H2,1H3. The maximum absolute atomic E-state index is 13.3. The molecular formula is C20H22F3N3O4. The SMILES string of the molecule is COc1cn(-c2cccc(C(F)(F)F)c2)nc1C(=O)N1CCCCC1C1OCCO1. The molecule has 2 fully saturated rings. The van der Waals surface area contributed by atoms with Crippen LogP contribution in [0.4, 0.5) is 13.2 Å². The molecule has 4 rings (SSSR count). The summed E-state index contributed by atoms with van der Waals surface area (Å²) in [6.45, 7) is 1.49. The van der Waals surface area contributed by atoms with Gasteiger partial charge in [-0.1, -0.05) is 6.07 Å². The predicted octanol–water partition coefficient (Wildman–Crippen LogP) is 3.27. The molecule has 3 heterocycles. The number of ether oxygens (including phenoxy) is 3. The van der Waals surface area contributed by atoms with Gasteiger partial charge in [-0.25, -0.2) is 4.68 Å². The van der Waals surface area contributed by atoms with Gasteiger partial charge in [0.1, 0.15) is 0 Å². The molecule has 0 bridgehead atoms. The Hall–Kier alpha value is -2.59. The van der Waals surface area contributed by atoms with Gasteiger partial charge in [0.05, 0.1) is 43.8 Å². The van der Waals surface area contributed by atoms with E-state index in [1.165, 1.54) is 30.1 Å². The number of rotatable bonds is 4. The average molecular weight is 425 g/mol. The van der Waals surface area contributed by atoms with Gasteiger partial charge in [0.15, 0.2) is 17.7 Å². The van der Waals surface area contributed by atoms with E-state index in [-0.39, 0.29) is 29.1 Å². The minimum atomic E-state index is -4.48. The number of likely N-dealkylation sites (tertiary alicyclic amines) is 1. The highest BCUT2D eigenvalue weighted by molar-refractivity contribution is 5.95. The molecule has 7 nitrogen and oxygen atoms in total. The van der Waals surface area contributed by atoms with Gasteiger partial charge < -0.3 is 19.1 Å². The highest BCUT2D eigenvalue weighted by Gasteiger charge is 2.38. The van der Waals surface area contributed by atoms with E-state index in [2.05, 4.69) is 5.10 Å². The van der Waals surface area contributed by atoms with Crippen LogP contribution < -0.4 is 4.74 Å². The first-order valence-electron chi connectivity index (χ1n) is 9.74. The number of piperidine rings is 1. The third-order valence-corrected chi connectivity index (χ3v) is 5.31. The summed E-state index contributed by atoms with van der Waals surface area (Å²) >= 11 is 0. The molecule has 30 heavy (non-hydrogen) atoms. The number of alkyl halides is 3. The Balaban J connectivity index is 1.64. The molecule has 1 aromatic heterocycles. The van der Waals surface area contributed by atoms with Crippen LogP contribution in [0.1, 0.15) is 35.3 Å². The lowest BCUT2D eigenvalue weighted by atomic mass is 10.0. The van der Waals surface area contributed by atoms with Crippen LogP contribution in [0.5, 0.6) is 5.75 Å². The molecule has 2 aromatic rings. The summed E-state index contributed by atoms with van der Waals surface area (Å²) in [5, 5.41) is 4.26.